The van der Waals surface area contributed by atoms with Crippen molar-refractivity contribution in [2.45, 2.75) is 26.8 Å². The van der Waals surface area contributed by atoms with Gasteiger partial charge >= 0.3 is 6.03 Å². The molecular formula is C17H18FN5O2. The number of carbonyl (C=O) groups excluding carboxylic acids is 1. The molecule has 0 aliphatic heterocycles. The number of aryl methyl sites for hydroxylation is 2. The lowest BCUT2D eigenvalue weighted by Gasteiger charge is -2.13. The Kier molecular flexibility index (Phi) is 4.51. The first-order chi connectivity index (χ1) is 12.0. The van der Waals surface area contributed by atoms with Gasteiger partial charge in [-0.15, -0.1) is 0 Å². The lowest BCUT2D eigenvalue weighted by atomic mass is 10.1. The predicted molar refractivity (Wildman–Crippen MR) is 90.1 cm³/mol. The summed E-state index contributed by atoms with van der Waals surface area (Å²) in [6.45, 7) is 5.46. The van der Waals surface area contributed by atoms with Crippen molar-refractivity contribution in [3.05, 3.63) is 59.5 Å². The lowest BCUT2D eigenvalue weighted by Crippen LogP contribution is -2.31. The van der Waals surface area contributed by atoms with Crippen LogP contribution in [-0.2, 0) is 0 Å². The first-order valence-electron chi connectivity index (χ1n) is 7.75. The third kappa shape index (κ3) is 3.52. The number of anilines is 1. The summed E-state index contributed by atoms with van der Waals surface area (Å²) >= 11 is 0. The van der Waals surface area contributed by atoms with E-state index in [9.17, 15) is 9.18 Å². The highest BCUT2D eigenvalue weighted by Crippen LogP contribution is 2.21. The second kappa shape index (κ2) is 6.76. The fraction of sp³-hybridized carbons (Fsp3) is 0.235. The molecule has 0 bridgehead atoms. The smallest absolute Gasteiger partial charge is 0.319 e. The number of halogens is 1. The molecule has 1 aromatic carbocycles. The summed E-state index contributed by atoms with van der Waals surface area (Å²) in [6.07, 6.45) is 2.99. The van der Waals surface area contributed by atoms with Gasteiger partial charge in [-0.2, -0.15) is 5.10 Å². The number of hydrogen-bond acceptors (Lipinski definition) is 4. The third-order valence-corrected chi connectivity index (χ3v) is 3.81. The van der Waals surface area contributed by atoms with Crippen LogP contribution in [0.15, 0.2) is 41.2 Å². The number of hydrogen-bond donors (Lipinski definition) is 2. The number of para-hydroxylation sites is 1. The quantitative estimate of drug-likeness (QED) is 0.759. The van der Waals surface area contributed by atoms with E-state index in [1.807, 2.05) is 13.8 Å². The Balaban J connectivity index is 1.67. The zero-order valence-electron chi connectivity index (χ0n) is 14.1. The molecule has 25 heavy (non-hydrogen) atoms. The number of urea groups is 1. The molecular weight excluding hydrogens is 325 g/mol. The molecule has 1 atom stereocenters. The minimum atomic E-state index is -0.402. The highest BCUT2D eigenvalue weighted by molar-refractivity contribution is 5.89. The number of amides is 2. The Morgan fingerprint density at radius 3 is 2.76 bits per heavy atom. The second-order valence-electron chi connectivity index (χ2n) is 5.68. The molecule has 0 aliphatic carbocycles. The molecule has 0 fully saturated rings. The van der Waals surface area contributed by atoms with Crippen molar-refractivity contribution in [2.75, 3.05) is 5.32 Å². The molecule has 130 valence electrons. The van der Waals surface area contributed by atoms with Crippen molar-refractivity contribution in [3.8, 4) is 5.69 Å². The highest BCUT2D eigenvalue weighted by Gasteiger charge is 2.18. The molecule has 0 saturated carbocycles. The molecule has 0 spiro atoms. The van der Waals surface area contributed by atoms with Crippen LogP contribution in [0.3, 0.4) is 0 Å². The Hall–Kier alpha value is -3.16. The maximum absolute atomic E-state index is 13.8. The average molecular weight is 343 g/mol. The van der Waals surface area contributed by atoms with Gasteiger partial charge in [0, 0.05) is 5.56 Å². The fourth-order valence-electron chi connectivity index (χ4n) is 2.70. The predicted octanol–water partition coefficient (Wildman–Crippen LogP) is 3.50. The van der Waals surface area contributed by atoms with Gasteiger partial charge in [-0.3, -0.25) is 0 Å². The van der Waals surface area contributed by atoms with Crippen molar-refractivity contribution in [2.24, 2.45) is 0 Å². The van der Waals surface area contributed by atoms with Gasteiger partial charge in [-0.1, -0.05) is 17.3 Å². The van der Waals surface area contributed by atoms with E-state index in [1.165, 1.54) is 16.9 Å². The van der Waals surface area contributed by atoms with Crippen molar-refractivity contribution in [1.82, 2.24) is 20.3 Å². The van der Waals surface area contributed by atoms with Gasteiger partial charge in [0.1, 0.15) is 17.3 Å². The summed E-state index contributed by atoms with van der Waals surface area (Å²) in [5.41, 5.74) is 2.33. The molecule has 2 heterocycles. The molecule has 2 aromatic heterocycles. The van der Waals surface area contributed by atoms with E-state index in [2.05, 4.69) is 20.9 Å². The van der Waals surface area contributed by atoms with Crippen LogP contribution in [0.1, 0.15) is 30.0 Å². The largest absolute Gasteiger partial charge is 0.361 e. The van der Waals surface area contributed by atoms with Crippen LogP contribution in [0.4, 0.5) is 14.9 Å². The number of nitrogens with one attached hydrogen (secondary N) is 2. The molecule has 2 amide bonds. The maximum Gasteiger partial charge on any atom is 0.319 e. The Bertz CT molecular complexity index is 883. The van der Waals surface area contributed by atoms with Gasteiger partial charge in [0.05, 0.1) is 29.8 Å². The first-order valence-corrected chi connectivity index (χ1v) is 7.75. The number of nitrogens with zero attached hydrogens (tertiary/aromatic N) is 3. The summed E-state index contributed by atoms with van der Waals surface area (Å²) in [7, 11) is 0. The fourth-order valence-corrected chi connectivity index (χ4v) is 2.70. The van der Waals surface area contributed by atoms with E-state index < -0.39 is 11.8 Å². The molecule has 7 nitrogen and oxygen atoms in total. The number of benzene rings is 1. The second-order valence-corrected chi connectivity index (χ2v) is 5.68. The molecule has 0 saturated heterocycles. The van der Waals surface area contributed by atoms with Crippen LogP contribution in [0, 0.1) is 19.7 Å². The summed E-state index contributed by atoms with van der Waals surface area (Å²) in [5.74, 6) is 0.270. The summed E-state index contributed by atoms with van der Waals surface area (Å²) in [6, 6.07) is 5.60. The van der Waals surface area contributed by atoms with Gasteiger partial charge in [-0.25, -0.2) is 13.9 Å². The van der Waals surface area contributed by atoms with E-state index in [0.717, 1.165) is 11.3 Å². The van der Waals surface area contributed by atoms with Gasteiger partial charge in [0.25, 0.3) is 0 Å². The van der Waals surface area contributed by atoms with Gasteiger partial charge in [0.2, 0.25) is 0 Å². The Morgan fingerprint density at radius 2 is 2.08 bits per heavy atom. The molecule has 8 heteroatoms. The minimum Gasteiger partial charge on any atom is -0.361 e. The summed E-state index contributed by atoms with van der Waals surface area (Å²) < 4.78 is 20.2. The number of rotatable bonds is 4. The third-order valence-electron chi connectivity index (χ3n) is 3.81. The molecule has 0 aliphatic rings. The van der Waals surface area contributed by atoms with E-state index in [-0.39, 0.29) is 6.04 Å². The standard InChI is InChI=1S/C17H18FN5O2/c1-10(16-11(2)22-25-12(16)3)20-17(24)21-13-8-19-23(9-13)15-7-5-4-6-14(15)18/h4-10H,1-3H3,(H2,20,21,24)/t10-/m0/s1. The van der Waals surface area contributed by atoms with E-state index in [4.69, 9.17) is 4.52 Å². The molecule has 3 aromatic rings. The summed E-state index contributed by atoms with van der Waals surface area (Å²) in [5, 5.41) is 13.4. The van der Waals surface area contributed by atoms with Crippen LogP contribution in [0.5, 0.6) is 0 Å². The zero-order valence-corrected chi connectivity index (χ0v) is 14.1. The van der Waals surface area contributed by atoms with Crippen LogP contribution < -0.4 is 10.6 Å². The lowest BCUT2D eigenvalue weighted by molar-refractivity contribution is 0.249. The van der Waals surface area contributed by atoms with Crippen LogP contribution in [-0.4, -0.2) is 21.0 Å². The minimum absolute atomic E-state index is 0.270. The first kappa shape index (κ1) is 16.7. The highest BCUT2D eigenvalue weighted by atomic mass is 19.1. The van der Waals surface area contributed by atoms with Crippen LogP contribution in [0.25, 0.3) is 5.69 Å². The average Bonchev–Trinajstić information content (AvgIpc) is 3.14. The van der Waals surface area contributed by atoms with E-state index >= 15 is 0 Å². The van der Waals surface area contributed by atoms with Crippen LogP contribution in [0.2, 0.25) is 0 Å². The van der Waals surface area contributed by atoms with Crippen molar-refractivity contribution in [1.29, 1.82) is 0 Å². The van der Waals surface area contributed by atoms with Gasteiger partial charge < -0.3 is 15.2 Å². The van der Waals surface area contributed by atoms with Crippen molar-refractivity contribution >= 4 is 11.7 Å². The SMILES string of the molecule is Cc1noc(C)c1[C@H](C)NC(=O)Nc1cnn(-c2ccccc2F)c1. The number of aromatic nitrogens is 3. The van der Waals surface area contributed by atoms with E-state index in [1.54, 1.807) is 31.3 Å². The monoisotopic (exact) mass is 343 g/mol. The van der Waals surface area contributed by atoms with Crippen molar-refractivity contribution < 1.29 is 13.7 Å². The topological polar surface area (TPSA) is 85.0 Å². The Morgan fingerprint density at radius 1 is 1.32 bits per heavy atom. The molecule has 0 radical (unpaired) electrons. The molecule has 2 N–H and O–H groups in total. The Labute approximate surface area is 143 Å². The van der Waals surface area contributed by atoms with Crippen LogP contribution >= 0.6 is 0 Å². The molecule has 3 rings (SSSR count). The number of carbonyl (C=O) groups is 1. The zero-order chi connectivity index (χ0) is 18.0. The molecule has 0 unspecified atom stereocenters. The summed E-state index contributed by atoms with van der Waals surface area (Å²) in [4.78, 5) is 12.2. The van der Waals surface area contributed by atoms with Gasteiger partial charge in [-0.05, 0) is 32.9 Å². The van der Waals surface area contributed by atoms with E-state index in [0.29, 0.717) is 17.1 Å². The normalized spacial score (nSPS) is 12.0. The van der Waals surface area contributed by atoms with Crippen molar-refractivity contribution in [3.63, 3.8) is 0 Å². The maximum atomic E-state index is 13.8. The van der Waals surface area contributed by atoms with Gasteiger partial charge in [0.15, 0.2) is 0 Å².